The van der Waals surface area contributed by atoms with Crippen LogP contribution in [0.4, 0.5) is 0 Å². The van der Waals surface area contributed by atoms with Gasteiger partial charge in [0.15, 0.2) is 0 Å². The Labute approximate surface area is 102 Å². The molecular formula is C9H5Br2N3O. The van der Waals surface area contributed by atoms with Crippen LogP contribution in [0.2, 0.25) is 0 Å². The van der Waals surface area contributed by atoms with E-state index in [-0.39, 0.29) is 5.56 Å². The third-order valence-corrected chi connectivity index (χ3v) is 3.67. The van der Waals surface area contributed by atoms with Crippen LogP contribution in [0.3, 0.4) is 0 Å². The van der Waals surface area contributed by atoms with Crippen molar-refractivity contribution in [3.05, 3.63) is 50.0 Å². The molecule has 0 N–H and O–H groups in total. The van der Waals surface area contributed by atoms with Gasteiger partial charge < -0.3 is 0 Å². The average Bonchev–Trinajstić information content (AvgIpc) is 2.27. The highest BCUT2D eigenvalue weighted by Crippen LogP contribution is 2.17. The Morgan fingerprint density at radius 1 is 1.27 bits per heavy atom. The van der Waals surface area contributed by atoms with Gasteiger partial charge in [-0.05, 0) is 44.0 Å². The minimum Gasteiger partial charge on any atom is -0.266 e. The minimum atomic E-state index is -0.225. The predicted molar refractivity (Wildman–Crippen MR) is 63.0 cm³/mol. The normalized spacial score (nSPS) is 10.3. The summed E-state index contributed by atoms with van der Waals surface area (Å²) in [7, 11) is 0. The zero-order valence-electron chi connectivity index (χ0n) is 7.39. The lowest BCUT2D eigenvalue weighted by Crippen LogP contribution is -2.21. The molecule has 0 aromatic carbocycles. The topological polar surface area (TPSA) is 47.8 Å². The number of aromatic nitrogens is 3. The molecule has 0 saturated heterocycles. The van der Waals surface area contributed by atoms with E-state index in [1.54, 1.807) is 30.7 Å². The van der Waals surface area contributed by atoms with Crippen molar-refractivity contribution in [1.29, 1.82) is 0 Å². The number of hydrogen-bond donors (Lipinski definition) is 0. The van der Waals surface area contributed by atoms with Crippen LogP contribution in [-0.2, 0) is 0 Å². The summed E-state index contributed by atoms with van der Waals surface area (Å²) in [5, 5.41) is 4.00. The highest BCUT2D eigenvalue weighted by molar-refractivity contribution is 9.13. The molecule has 0 unspecified atom stereocenters. The van der Waals surface area contributed by atoms with Crippen molar-refractivity contribution in [2.45, 2.75) is 0 Å². The molecule has 0 bridgehead atoms. The Hall–Kier alpha value is -1.01. The highest BCUT2D eigenvalue weighted by atomic mass is 79.9. The molecular weight excluding hydrogens is 326 g/mol. The Morgan fingerprint density at radius 3 is 2.73 bits per heavy atom. The summed E-state index contributed by atoms with van der Waals surface area (Å²) in [4.78, 5) is 15.7. The van der Waals surface area contributed by atoms with Crippen molar-refractivity contribution in [1.82, 2.24) is 14.8 Å². The van der Waals surface area contributed by atoms with Gasteiger partial charge in [0.2, 0.25) is 0 Å². The van der Waals surface area contributed by atoms with Gasteiger partial charge in [-0.25, -0.2) is 0 Å². The summed E-state index contributed by atoms with van der Waals surface area (Å²) in [6.45, 7) is 0. The lowest BCUT2D eigenvalue weighted by molar-refractivity contribution is 0.792. The molecule has 0 aliphatic heterocycles. The minimum absolute atomic E-state index is 0.225. The predicted octanol–water partition coefficient (Wildman–Crippen LogP) is 2.15. The fourth-order valence-corrected chi connectivity index (χ4v) is 1.61. The van der Waals surface area contributed by atoms with E-state index in [0.717, 1.165) is 0 Å². The van der Waals surface area contributed by atoms with E-state index in [0.29, 0.717) is 14.6 Å². The molecule has 0 amide bonds. The van der Waals surface area contributed by atoms with E-state index in [4.69, 9.17) is 0 Å². The molecule has 2 rings (SSSR count). The van der Waals surface area contributed by atoms with Gasteiger partial charge in [-0.3, -0.25) is 9.78 Å². The monoisotopic (exact) mass is 329 g/mol. The summed E-state index contributed by atoms with van der Waals surface area (Å²) in [5.74, 6) is 0. The number of hydrogen-bond acceptors (Lipinski definition) is 3. The lowest BCUT2D eigenvalue weighted by Gasteiger charge is -2.04. The maximum Gasteiger partial charge on any atom is 0.286 e. The summed E-state index contributed by atoms with van der Waals surface area (Å²) < 4.78 is 2.36. The van der Waals surface area contributed by atoms with Crippen molar-refractivity contribution < 1.29 is 0 Å². The van der Waals surface area contributed by atoms with E-state index in [2.05, 4.69) is 41.9 Å². The van der Waals surface area contributed by atoms with E-state index >= 15 is 0 Å². The summed E-state index contributed by atoms with van der Waals surface area (Å²) in [6, 6.07) is 3.52. The van der Waals surface area contributed by atoms with Crippen LogP contribution in [0.15, 0.2) is 44.5 Å². The molecule has 2 aromatic heterocycles. The molecule has 0 atom stereocenters. The second-order valence-electron chi connectivity index (χ2n) is 2.73. The molecule has 76 valence electrons. The van der Waals surface area contributed by atoms with Gasteiger partial charge in [-0.2, -0.15) is 9.78 Å². The van der Waals surface area contributed by atoms with E-state index < -0.39 is 0 Å². The molecule has 2 heterocycles. The maximum atomic E-state index is 11.8. The fraction of sp³-hybridized carbons (Fsp3) is 0. The number of halogens is 2. The second kappa shape index (κ2) is 4.24. The molecule has 6 heteroatoms. The van der Waals surface area contributed by atoms with Crippen molar-refractivity contribution in [3.63, 3.8) is 0 Å². The highest BCUT2D eigenvalue weighted by Gasteiger charge is 2.07. The molecule has 0 saturated carbocycles. The van der Waals surface area contributed by atoms with Gasteiger partial charge in [0.1, 0.15) is 4.47 Å². The SMILES string of the molecule is O=c1c(Br)c(Br)cnn1-c1cccnc1. The smallest absolute Gasteiger partial charge is 0.266 e. The van der Waals surface area contributed by atoms with Gasteiger partial charge >= 0.3 is 0 Å². The van der Waals surface area contributed by atoms with E-state index in [1.807, 2.05) is 0 Å². The van der Waals surface area contributed by atoms with Crippen LogP contribution in [0.1, 0.15) is 0 Å². The first-order valence-electron chi connectivity index (χ1n) is 4.04. The van der Waals surface area contributed by atoms with Gasteiger partial charge in [-0.1, -0.05) is 0 Å². The lowest BCUT2D eigenvalue weighted by atomic mass is 10.4. The van der Waals surface area contributed by atoms with Gasteiger partial charge in [-0.15, -0.1) is 0 Å². The van der Waals surface area contributed by atoms with Crippen molar-refractivity contribution >= 4 is 31.9 Å². The number of nitrogens with zero attached hydrogens (tertiary/aromatic N) is 3. The average molecular weight is 331 g/mol. The Balaban J connectivity index is 2.66. The first-order valence-corrected chi connectivity index (χ1v) is 5.62. The molecule has 0 fully saturated rings. The fourth-order valence-electron chi connectivity index (χ4n) is 1.08. The van der Waals surface area contributed by atoms with Crippen LogP contribution in [0.5, 0.6) is 0 Å². The van der Waals surface area contributed by atoms with Gasteiger partial charge in [0, 0.05) is 6.20 Å². The van der Waals surface area contributed by atoms with Crippen LogP contribution in [0.25, 0.3) is 5.69 Å². The quantitative estimate of drug-likeness (QED) is 0.805. The summed E-state index contributed by atoms with van der Waals surface area (Å²) in [5.41, 5.74) is 0.410. The van der Waals surface area contributed by atoms with E-state index in [1.165, 1.54) is 4.68 Å². The largest absolute Gasteiger partial charge is 0.286 e. The molecule has 0 spiro atoms. The van der Waals surface area contributed by atoms with Crippen LogP contribution < -0.4 is 5.56 Å². The molecule has 2 aromatic rings. The zero-order chi connectivity index (χ0) is 10.8. The van der Waals surface area contributed by atoms with E-state index in [9.17, 15) is 4.79 Å². The van der Waals surface area contributed by atoms with Crippen molar-refractivity contribution in [3.8, 4) is 5.69 Å². The van der Waals surface area contributed by atoms with Gasteiger partial charge in [0.25, 0.3) is 5.56 Å². The Morgan fingerprint density at radius 2 is 2.07 bits per heavy atom. The molecule has 0 aliphatic carbocycles. The first kappa shape index (κ1) is 10.5. The molecule has 0 radical (unpaired) electrons. The Bertz CT molecular complexity index is 539. The zero-order valence-corrected chi connectivity index (χ0v) is 10.6. The molecule has 0 aliphatic rings. The van der Waals surface area contributed by atoms with Crippen LogP contribution >= 0.6 is 31.9 Å². The van der Waals surface area contributed by atoms with Crippen LogP contribution in [0, 0.1) is 0 Å². The van der Waals surface area contributed by atoms with Crippen LogP contribution in [-0.4, -0.2) is 14.8 Å². The standard InChI is InChI=1S/C9H5Br2N3O/c10-7-5-13-14(9(15)8(7)11)6-2-1-3-12-4-6/h1-5H. The Kier molecular flexibility index (Phi) is 2.97. The third kappa shape index (κ3) is 2.00. The number of rotatable bonds is 1. The summed E-state index contributed by atoms with van der Waals surface area (Å²) in [6.07, 6.45) is 4.77. The van der Waals surface area contributed by atoms with Gasteiger partial charge in [0.05, 0.1) is 22.6 Å². The summed E-state index contributed by atoms with van der Waals surface area (Å²) >= 11 is 6.40. The maximum absolute atomic E-state index is 11.8. The second-order valence-corrected chi connectivity index (χ2v) is 4.38. The molecule has 15 heavy (non-hydrogen) atoms. The third-order valence-electron chi connectivity index (χ3n) is 1.77. The molecule has 4 nitrogen and oxygen atoms in total. The van der Waals surface area contributed by atoms with Crippen molar-refractivity contribution in [2.24, 2.45) is 0 Å². The first-order chi connectivity index (χ1) is 7.20. The van der Waals surface area contributed by atoms with Crippen molar-refractivity contribution in [2.75, 3.05) is 0 Å². The number of pyridine rings is 1.